The van der Waals surface area contributed by atoms with Gasteiger partial charge in [-0.05, 0) is 22.0 Å². The Morgan fingerprint density at radius 3 is 2.82 bits per heavy atom. The smallest absolute Gasteiger partial charge is 0.268 e. The van der Waals surface area contributed by atoms with Crippen LogP contribution in [-0.2, 0) is 7.05 Å². The first kappa shape index (κ1) is 8.33. The number of pyridine rings is 1. The van der Waals surface area contributed by atoms with Crippen LogP contribution in [0.1, 0.15) is 0 Å². The van der Waals surface area contributed by atoms with Crippen molar-refractivity contribution in [2.45, 2.75) is 0 Å². The number of methoxy groups -OCH3 is 1. The first-order chi connectivity index (χ1) is 5.16. The highest BCUT2D eigenvalue weighted by Gasteiger charge is 2.03. The van der Waals surface area contributed by atoms with Gasteiger partial charge in [-0.3, -0.25) is 4.79 Å². The maximum atomic E-state index is 11.2. The minimum atomic E-state index is -0.0932. The topological polar surface area (TPSA) is 31.2 Å². The summed E-state index contributed by atoms with van der Waals surface area (Å²) in [6.07, 6.45) is 1.66. The second-order valence-corrected chi connectivity index (χ2v) is 2.91. The monoisotopic (exact) mass is 217 g/mol. The highest BCUT2D eigenvalue weighted by atomic mass is 79.9. The molecule has 0 atom stereocenters. The summed E-state index contributed by atoms with van der Waals surface area (Å²) in [4.78, 5) is 11.2. The molecule has 0 spiro atoms. The molecule has 0 aromatic carbocycles. The number of nitrogens with zero attached hydrogens (tertiary/aromatic N) is 1. The molecule has 0 fully saturated rings. The van der Waals surface area contributed by atoms with E-state index >= 15 is 0 Å². The van der Waals surface area contributed by atoms with Gasteiger partial charge in [-0.15, -0.1) is 0 Å². The molecule has 11 heavy (non-hydrogen) atoms. The van der Waals surface area contributed by atoms with Crippen molar-refractivity contribution in [3.05, 3.63) is 27.1 Å². The average molecular weight is 218 g/mol. The van der Waals surface area contributed by atoms with Crippen LogP contribution in [0.5, 0.6) is 5.75 Å². The van der Waals surface area contributed by atoms with Crippen molar-refractivity contribution >= 4 is 15.9 Å². The van der Waals surface area contributed by atoms with E-state index in [0.29, 0.717) is 10.2 Å². The van der Waals surface area contributed by atoms with Gasteiger partial charge in [0.05, 0.1) is 7.11 Å². The van der Waals surface area contributed by atoms with Crippen molar-refractivity contribution in [1.29, 1.82) is 0 Å². The van der Waals surface area contributed by atoms with Crippen molar-refractivity contribution in [2.24, 2.45) is 7.05 Å². The third-order valence-electron chi connectivity index (χ3n) is 1.39. The van der Waals surface area contributed by atoms with Gasteiger partial charge in [-0.25, -0.2) is 0 Å². The van der Waals surface area contributed by atoms with Crippen molar-refractivity contribution < 1.29 is 4.74 Å². The summed E-state index contributed by atoms with van der Waals surface area (Å²) in [7, 11) is 3.21. The quantitative estimate of drug-likeness (QED) is 0.708. The molecular weight excluding hydrogens is 210 g/mol. The molecule has 1 aromatic rings. The lowest BCUT2D eigenvalue weighted by Crippen LogP contribution is -2.16. The largest absolute Gasteiger partial charge is 0.495 e. The lowest BCUT2D eigenvalue weighted by atomic mass is 10.4. The van der Waals surface area contributed by atoms with Gasteiger partial charge in [0.1, 0.15) is 10.2 Å². The third-order valence-corrected chi connectivity index (χ3v) is 2.12. The van der Waals surface area contributed by atoms with Gasteiger partial charge in [0.2, 0.25) is 0 Å². The van der Waals surface area contributed by atoms with Gasteiger partial charge < -0.3 is 9.30 Å². The SMILES string of the molecule is COc1ccn(C)c(=O)c1Br. The second-order valence-electron chi connectivity index (χ2n) is 2.11. The molecule has 0 saturated heterocycles. The Balaban J connectivity index is 3.37. The Bertz CT molecular complexity index is 319. The molecule has 0 radical (unpaired) electrons. The van der Waals surface area contributed by atoms with Gasteiger partial charge in [0.25, 0.3) is 5.56 Å². The minimum absolute atomic E-state index is 0.0932. The van der Waals surface area contributed by atoms with E-state index < -0.39 is 0 Å². The van der Waals surface area contributed by atoms with E-state index in [2.05, 4.69) is 15.9 Å². The van der Waals surface area contributed by atoms with Crippen molar-refractivity contribution in [3.63, 3.8) is 0 Å². The summed E-state index contributed by atoms with van der Waals surface area (Å²) in [6.45, 7) is 0. The minimum Gasteiger partial charge on any atom is -0.495 e. The van der Waals surface area contributed by atoms with Gasteiger partial charge in [0.15, 0.2) is 0 Å². The van der Waals surface area contributed by atoms with Crippen LogP contribution in [0.2, 0.25) is 0 Å². The molecule has 0 aliphatic carbocycles. The van der Waals surface area contributed by atoms with Crippen LogP contribution in [-0.4, -0.2) is 11.7 Å². The molecule has 0 aliphatic heterocycles. The van der Waals surface area contributed by atoms with Crippen LogP contribution < -0.4 is 10.3 Å². The molecule has 0 N–H and O–H groups in total. The molecule has 0 aliphatic rings. The number of aromatic nitrogens is 1. The van der Waals surface area contributed by atoms with Crippen LogP contribution in [0.3, 0.4) is 0 Å². The van der Waals surface area contributed by atoms with E-state index in [1.807, 2.05) is 0 Å². The number of hydrogen-bond donors (Lipinski definition) is 0. The van der Waals surface area contributed by atoms with E-state index in [9.17, 15) is 4.79 Å². The highest BCUT2D eigenvalue weighted by molar-refractivity contribution is 9.10. The molecule has 4 heteroatoms. The fraction of sp³-hybridized carbons (Fsp3) is 0.286. The van der Waals surface area contributed by atoms with E-state index in [-0.39, 0.29) is 5.56 Å². The number of rotatable bonds is 1. The molecule has 1 rings (SSSR count). The van der Waals surface area contributed by atoms with E-state index in [1.54, 1.807) is 19.3 Å². The lowest BCUT2D eigenvalue weighted by Gasteiger charge is -2.03. The van der Waals surface area contributed by atoms with Gasteiger partial charge in [0, 0.05) is 13.2 Å². The fourth-order valence-electron chi connectivity index (χ4n) is 0.738. The first-order valence-electron chi connectivity index (χ1n) is 3.06. The maximum absolute atomic E-state index is 11.2. The molecule has 1 heterocycles. The van der Waals surface area contributed by atoms with Crippen LogP contribution in [0.25, 0.3) is 0 Å². The summed E-state index contributed by atoms with van der Waals surface area (Å²) in [5.41, 5.74) is -0.0932. The zero-order valence-electron chi connectivity index (χ0n) is 6.30. The highest BCUT2D eigenvalue weighted by Crippen LogP contribution is 2.18. The van der Waals surface area contributed by atoms with Crippen LogP contribution in [0.4, 0.5) is 0 Å². The van der Waals surface area contributed by atoms with Crippen molar-refractivity contribution in [3.8, 4) is 5.75 Å². The molecule has 1 aromatic heterocycles. The Hall–Kier alpha value is -0.770. The first-order valence-corrected chi connectivity index (χ1v) is 3.85. The van der Waals surface area contributed by atoms with Crippen LogP contribution >= 0.6 is 15.9 Å². The molecule has 0 bridgehead atoms. The summed E-state index contributed by atoms with van der Waals surface area (Å²) in [5.74, 6) is 0.563. The molecule has 3 nitrogen and oxygen atoms in total. The van der Waals surface area contributed by atoms with Crippen LogP contribution in [0, 0.1) is 0 Å². The van der Waals surface area contributed by atoms with Gasteiger partial charge in [-0.2, -0.15) is 0 Å². The summed E-state index contributed by atoms with van der Waals surface area (Å²) in [6, 6.07) is 1.73. The predicted octanol–water partition coefficient (Wildman–Crippen LogP) is 1.16. The Labute approximate surface area is 72.7 Å². The molecule has 60 valence electrons. The fourth-order valence-corrected chi connectivity index (χ4v) is 1.31. The maximum Gasteiger partial charge on any atom is 0.268 e. The van der Waals surface area contributed by atoms with Gasteiger partial charge in [-0.1, -0.05) is 0 Å². The third kappa shape index (κ3) is 1.45. The zero-order chi connectivity index (χ0) is 8.43. The Morgan fingerprint density at radius 2 is 2.27 bits per heavy atom. The number of hydrogen-bond acceptors (Lipinski definition) is 2. The average Bonchev–Trinajstić information content (AvgIpc) is 2.01. The number of aryl methyl sites for hydroxylation is 1. The summed E-state index contributed by atoms with van der Waals surface area (Å²) < 4.78 is 6.86. The van der Waals surface area contributed by atoms with E-state index in [4.69, 9.17) is 4.74 Å². The van der Waals surface area contributed by atoms with E-state index in [0.717, 1.165) is 0 Å². The summed E-state index contributed by atoms with van der Waals surface area (Å²) >= 11 is 3.13. The second kappa shape index (κ2) is 3.09. The number of halogens is 1. The standard InChI is InChI=1S/C7H8BrNO2/c1-9-4-3-5(11-2)6(8)7(9)10/h3-4H,1-2H3. The van der Waals surface area contributed by atoms with Crippen molar-refractivity contribution in [1.82, 2.24) is 4.57 Å². The molecule has 0 saturated carbocycles. The molecule has 0 unspecified atom stereocenters. The predicted molar refractivity (Wildman–Crippen MR) is 45.9 cm³/mol. The summed E-state index contributed by atoms with van der Waals surface area (Å²) in [5, 5.41) is 0. The van der Waals surface area contributed by atoms with Crippen molar-refractivity contribution in [2.75, 3.05) is 7.11 Å². The lowest BCUT2D eigenvalue weighted by molar-refractivity contribution is 0.409. The molecular formula is C7H8BrNO2. The normalized spacial score (nSPS) is 9.73. The Morgan fingerprint density at radius 1 is 1.64 bits per heavy atom. The molecule has 0 amide bonds. The number of ether oxygens (including phenoxy) is 1. The van der Waals surface area contributed by atoms with Crippen LogP contribution in [0.15, 0.2) is 21.5 Å². The van der Waals surface area contributed by atoms with E-state index in [1.165, 1.54) is 11.7 Å². The van der Waals surface area contributed by atoms with Gasteiger partial charge >= 0.3 is 0 Å². The zero-order valence-corrected chi connectivity index (χ0v) is 7.88. The Kier molecular flexibility index (Phi) is 2.34.